The second-order valence-corrected chi connectivity index (χ2v) is 5.30. The maximum atomic E-state index is 13.8. The van der Waals surface area contributed by atoms with Gasteiger partial charge < -0.3 is 5.32 Å². The quantitative estimate of drug-likeness (QED) is 0.736. The normalized spacial score (nSPS) is 18.7. The number of sulfonamides is 1. The van der Waals surface area contributed by atoms with Crippen LogP contribution in [0.25, 0.3) is 0 Å². The lowest BCUT2D eigenvalue weighted by molar-refractivity contribution is 0.0955. The van der Waals surface area contributed by atoms with E-state index in [1.807, 2.05) is 0 Å². The molecule has 0 spiro atoms. The highest BCUT2D eigenvalue weighted by Gasteiger charge is 2.39. The minimum absolute atomic E-state index is 0.539. The minimum atomic E-state index is -4.82. The summed E-state index contributed by atoms with van der Waals surface area (Å²) in [6.07, 6.45) is 0. The second kappa shape index (κ2) is 3.69. The van der Waals surface area contributed by atoms with Crippen LogP contribution in [0.5, 0.6) is 0 Å². The molecule has 0 saturated carbocycles. The van der Waals surface area contributed by atoms with E-state index in [1.165, 1.54) is 6.92 Å². The second-order valence-electron chi connectivity index (χ2n) is 3.80. The highest BCUT2D eigenvalue weighted by molar-refractivity contribution is 7.89. The number of carbonyl (C=O) groups is 1. The summed E-state index contributed by atoms with van der Waals surface area (Å²) in [5.74, 6) is -6.20. The van der Waals surface area contributed by atoms with Crippen LogP contribution in [0.1, 0.15) is 28.9 Å². The Labute approximate surface area is 99.8 Å². The molecule has 1 amide bonds. The summed E-state index contributed by atoms with van der Waals surface area (Å²) >= 11 is 0. The Morgan fingerprint density at radius 2 is 1.72 bits per heavy atom. The molecule has 0 fully saturated rings. The molecule has 0 aliphatic carbocycles. The Bertz CT molecular complexity index is 672. The number of benzene rings is 1. The number of halogens is 3. The van der Waals surface area contributed by atoms with E-state index in [4.69, 9.17) is 0 Å². The lowest BCUT2D eigenvalue weighted by Gasteiger charge is -2.09. The van der Waals surface area contributed by atoms with Gasteiger partial charge in [0.15, 0.2) is 22.3 Å². The van der Waals surface area contributed by atoms with Gasteiger partial charge in [-0.25, -0.2) is 26.7 Å². The monoisotopic (exact) mass is 280 g/mol. The van der Waals surface area contributed by atoms with Gasteiger partial charge in [0.25, 0.3) is 5.91 Å². The van der Waals surface area contributed by atoms with E-state index in [1.54, 1.807) is 0 Å². The van der Waals surface area contributed by atoms with Crippen LogP contribution in [0.4, 0.5) is 13.2 Å². The van der Waals surface area contributed by atoms with E-state index in [0.29, 0.717) is 0 Å². The van der Waals surface area contributed by atoms with Crippen molar-refractivity contribution in [3.63, 3.8) is 0 Å². The molecule has 18 heavy (non-hydrogen) atoms. The third kappa shape index (κ3) is 1.58. The number of primary sulfonamides is 1. The zero-order valence-electron chi connectivity index (χ0n) is 8.92. The van der Waals surface area contributed by atoms with Crippen molar-refractivity contribution in [1.29, 1.82) is 0 Å². The lowest BCUT2D eigenvalue weighted by atomic mass is 10.0. The Morgan fingerprint density at radius 3 is 2.22 bits per heavy atom. The van der Waals surface area contributed by atoms with Gasteiger partial charge in [0.05, 0.1) is 11.6 Å². The highest BCUT2D eigenvalue weighted by Crippen LogP contribution is 2.34. The van der Waals surface area contributed by atoms with E-state index in [2.05, 4.69) is 10.5 Å². The van der Waals surface area contributed by atoms with Crippen LogP contribution in [0.2, 0.25) is 0 Å². The predicted octanol–water partition coefficient (Wildman–Crippen LogP) is 0.556. The lowest BCUT2D eigenvalue weighted by Crippen LogP contribution is -2.20. The Kier molecular flexibility index (Phi) is 2.63. The summed E-state index contributed by atoms with van der Waals surface area (Å²) in [7, 11) is -4.82. The van der Waals surface area contributed by atoms with Crippen LogP contribution >= 0.6 is 0 Å². The Hall–Kier alpha value is -1.61. The van der Waals surface area contributed by atoms with Crippen LogP contribution in [-0.4, -0.2) is 14.3 Å². The highest BCUT2D eigenvalue weighted by atomic mass is 32.2. The fourth-order valence-electron chi connectivity index (χ4n) is 1.88. The van der Waals surface area contributed by atoms with Gasteiger partial charge in [-0.2, -0.15) is 0 Å². The average molecular weight is 280 g/mol. The first-order valence-corrected chi connectivity index (χ1v) is 6.25. The maximum absolute atomic E-state index is 13.8. The number of nitrogens with one attached hydrogen (secondary N) is 1. The SMILES string of the molecule is CC1NC(=O)c2c(F)c(S(N)(=O)=O)c(F)c(F)c21. The van der Waals surface area contributed by atoms with E-state index in [0.717, 1.165) is 0 Å². The van der Waals surface area contributed by atoms with Gasteiger partial charge in [-0.3, -0.25) is 4.79 Å². The summed E-state index contributed by atoms with van der Waals surface area (Å²) in [4.78, 5) is 9.73. The molecule has 0 radical (unpaired) electrons. The standard InChI is InChI=1S/C9H7F3N2O3S/c1-2-3-4(9(15)14-2)6(11)8(18(13,16)17)7(12)5(3)10/h2H,1H3,(H,14,15)(H2,13,16,17). The first kappa shape index (κ1) is 12.8. The van der Waals surface area contributed by atoms with Crippen LogP contribution in [0.3, 0.4) is 0 Å². The molecule has 5 nitrogen and oxygen atoms in total. The molecule has 9 heteroatoms. The molecular weight excluding hydrogens is 273 g/mol. The third-order valence-corrected chi connectivity index (χ3v) is 3.54. The van der Waals surface area contributed by atoms with Crippen molar-refractivity contribution in [3.8, 4) is 0 Å². The molecule has 1 aromatic rings. The van der Waals surface area contributed by atoms with E-state index in [-0.39, 0.29) is 0 Å². The minimum Gasteiger partial charge on any atom is -0.345 e. The Balaban J connectivity index is 2.97. The van der Waals surface area contributed by atoms with Crippen LogP contribution in [0.15, 0.2) is 4.90 Å². The molecule has 1 aliphatic rings. The zero-order chi connectivity index (χ0) is 13.8. The van der Waals surface area contributed by atoms with Crippen LogP contribution in [0, 0.1) is 17.5 Å². The van der Waals surface area contributed by atoms with Gasteiger partial charge in [0.1, 0.15) is 0 Å². The molecule has 98 valence electrons. The van der Waals surface area contributed by atoms with Crippen LogP contribution < -0.4 is 10.5 Å². The number of amides is 1. The van der Waals surface area contributed by atoms with Crippen molar-refractivity contribution >= 4 is 15.9 Å². The van der Waals surface area contributed by atoms with Gasteiger partial charge in [-0.1, -0.05) is 0 Å². The fraction of sp³-hybridized carbons (Fsp3) is 0.222. The first-order chi connectivity index (χ1) is 8.16. The van der Waals surface area contributed by atoms with Crippen molar-refractivity contribution < 1.29 is 26.4 Å². The third-order valence-electron chi connectivity index (χ3n) is 2.61. The summed E-state index contributed by atoms with van der Waals surface area (Å²) < 4.78 is 63.0. The topological polar surface area (TPSA) is 89.3 Å². The number of rotatable bonds is 1. The van der Waals surface area contributed by atoms with Gasteiger partial charge in [-0.15, -0.1) is 0 Å². The van der Waals surface area contributed by atoms with E-state index >= 15 is 0 Å². The van der Waals surface area contributed by atoms with E-state index in [9.17, 15) is 26.4 Å². The Morgan fingerprint density at radius 1 is 1.17 bits per heavy atom. The molecule has 1 aliphatic heterocycles. The smallest absolute Gasteiger partial charge is 0.255 e. The molecule has 1 atom stereocenters. The van der Waals surface area contributed by atoms with Crippen molar-refractivity contribution in [2.45, 2.75) is 17.9 Å². The van der Waals surface area contributed by atoms with Crippen molar-refractivity contribution in [1.82, 2.24) is 5.32 Å². The molecule has 1 aromatic carbocycles. The molecule has 0 aromatic heterocycles. The first-order valence-electron chi connectivity index (χ1n) is 4.70. The molecule has 1 heterocycles. The van der Waals surface area contributed by atoms with Crippen LogP contribution in [-0.2, 0) is 10.0 Å². The number of fused-ring (bicyclic) bond motifs is 1. The number of hydrogen-bond acceptors (Lipinski definition) is 3. The number of hydrogen-bond donors (Lipinski definition) is 2. The molecule has 0 bridgehead atoms. The predicted molar refractivity (Wildman–Crippen MR) is 53.6 cm³/mol. The van der Waals surface area contributed by atoms with Crippen molar-refractivity contribution in [2.75, 3.05) is 0 Å². The van der Waals surface area contributed by atoms with Gasteiger partial charge in [0, 0.05) is 5.56 Å². The fourth-order valence-corrected chi connectivity index (χ4v) is 2.57. The largest absolute Gasteiger partial charge is 0.345 e. The summed E-state index contributed by atoms with van der Waals surface area (Å²) in [5.41, 5.74) is -1.37. The summed E-state index contributed by atoms with van der Waals surface area (Å²) in [5, 5.41) is 6.74. The summed E-state index contributed by atoms with van der Waals surface area (Å²) in [6, 6.07) is -0.953. The van der Waals surface area contributed by atoms with Crippen molar-refractivity contribution in [3.05, 3.63) is 28.6 Å². The maximum Gasteiger partial charge on any atom is 0.255 e. The number of nitrogens with two attached hydrogens (primary N) is 1. The molecule has 1 unspecified atom stereocenters. The van der Waals surface area contributed by atoms with E-state index < -0.39 is 55.4 Å². The van der Waals surface area contributed by atoms with Gasteiger partial charge in [0.2, 0.25) is 10.0 Å². The molecular formula is C9H7F3N2O3S. The molecule has 0 saturated heterocycles. The zero-order valence-corrected chi connectivity index (χ0v) is 9.74. The molecule has 3 N–H and O–H groups in total. The average Bonchev–Trinajstić information content (AvgIpc) is 2.49. The summed E-state index contributed by atoms with van der Waals surface area (Å²) in [6.45, 7) is 1.31. The number of carbonyl (C=O) groups excluding carboxylic acids is 1. The van der Waals surface area contributed by atoms with Gasteiger partial charge >= 0.3 is 0 Å². The van der Waals surface area contributed by atoms with Crippen molar-refractivity contribution in [2.24, 2.45) is 5.14 Å². The van der Waals surface area contributed by atoms with Gasteiger partial charge in [-0.05, 0) is 6.92 Å². The molecule has 2 rings (SSSR count).